The van der Waals surface area contributed by atoms with E-state index in [1.54, 1.807) is 0 Å². The molecule has 1 aromatic rings. The summed E-state index contributed by atoms with van der Waals surface area (Å²) in [6.07, 6.45) is 1.07. The molecule has 1 aliphatic rings. The summed E-state index contributed by atoms with van der Waals surface area (Å²) < 4.78 is 0. The first-order valence-corrected chi connectivity index (χ1v) is 7.68. The van der Waals surface area contributed by atoms with Gasteiger partial charge in [0, 0.05) is 17.8 Å². The molecule has 0 saturated carbocycles. The summed E-state index contributed by atoms with van der Waals surface area (Å²) in [7, 11) is 0. The van der Waals surface area contributed by atoms with Gasteiger partial charge in [0.05, 0.1) is 6.04 Å². The van der Waals surface area contributed by atoms with Crippen LogP contribution in [-0.4, -0.2) is 22.7 Å². The number of hydrogen-bond donors (Lipinski definition) is 0. The highest BCUT2D eigenvalue weighted by Gasteiger charge is 2.38. The van der Waals surface area contributed by atoms with Gasteiger partial charge in [-0.2, -0.15) is 0 Å². The SMILES string of the molecule is CC1C(=O)N(C(C)c2ccccc2)CC1CCBr. The van der Waals surface area contributed by atoms with Crippen molar-refractivity contribution in [3.05, 3.63) is 35.9 Å². The van der Waals surface area contributed by atoms with Gasteiger partial charge in [-0.1, -0.05) is 53.2 Å². The minimum absolute atomic E-state index is 0.161. The molecule has 1 fully saturated rings. The molecule has 1 heterocycles. The third-order valence-corrected chi connectivity index (χ3v) is 4.50. The first-order chi connectivity index (χ1) is 8.65. The number of benzene rings is 1. The van der Waals surface area contributed by atoms with Gasteiger partial charge in [-0.15, -0.1) is 0 Å². The minimum Gasteiger partial charge on any atom is -0.335 e. The van der Waals surface area contributed by atoms with E-state index in [-0.39, 0.29) is 12.0 Å². The number of likely N-dealkylation sites (tertiary alicyclic amines) is 1. The molecule has 1 amide bonds. The van der Waals surface area contributed by atoms with Crippen molar-refractivity contribution in [2.24, 2.45) is 11.8 Å². The van der Waals surface area contributed by atoms with Gasteiger partial charge in [0.15, 0.2) is 0 Å². The third kappa shape index (κ3) is 2.61. The van der Waals surface area contributed by atoms with Gasteiger partial charge < -0.3 is 4.90 Å². The fourth-order valence-electron chi connectivity index (χ4n) is 2.71. The first-order valence-electron chi connectivity index (χ1n) is 6.56. The van der Waals surface area contributed by atoms with Crippen LogP contribution in [0.4, 0.5) is 0 Å². The Balaban J connectivity index is 2.12. The molecule has 0 bridgehead atoms. The highest BCUT2D eigenvalue weighted by Crippen LogP contribution is 2.33. The fourth-order valence-corrected chi connectivity index (χ4v) is 3.29. The van der Waals surface area contributed by atoms with Crippen molar-refractivity contribution in [3.8, 4) is 0 Å². The molecule has 0 aromatic heterocycles. The maximum absolute atomic E-state index is 12.3. The Kier molecular flexibility index (Phi) is 4.44. The first kappa shape index (κ1) is 13.6. The van der Waals surface area contributed by atoms with Crippen LogP contribution in [0.5, 0.6) is 0 Å². The van der Waals surface area contributed by atoms with E-state index in [2.05, 4.69) is 41.9 Å². The standard InChI is InChI=1S/C15H20BrNO/c1-11-14(8-9-16)10-17(15(11)18)12(2)13-6-4-3-5-7-13/h3-7,11-12,14H,8-10H2,1-2H3. The number of nitrogens with zero attached hydrogens (tertiary/aromatic N) is 1. The highest BCUT2D eigenvalue weighted by atomic mass is 79.9. The van der Waals surface area contributed by atoms with E-state index in [1.165, 1.54) is 5.56 Å². The summed E-state index contributed by atoms with van der Waals surface area (Å²) in [4.78, 5) is 14.4. The molecule has 3 unspecified atom stereocenters. The molecule has 0 N–H and O–H groups in total. The third-order valence-electron chi connectivity index (χ3n) is 4.04. The van der Waals surface area contributed by atoms with E-state index < -0.39 is 0 Å². The summed E-state index contributed by atoms with van der Waals surface area (Å²) in [5.74, 6) is 0.953. The quantitative estimate of drug-likeness (QED) is 0.778. The van der Waals surface area contributed by atoms with Gasteiger partial charge in [0.25, 0.3) is 0 Å². The molecular formula is C15H20BrNO. The predicted octanol–water partition coefficient (Wildman–Crippen LogP) is 3.63. The largest absolute Gasteiger partial charge is 0.335 e. The molecule has 1 saturated heterocycles. The van der Waals surface area contributed by atoms with E-state index >= 15 is 0 Å². The monoisotopic (exact) mass is 309 g/mol. The minimum atomic E-state index is 0.161. The van der Waals surface area contributed by atoms with Crippen LogP contribution in [0.15, 0.2) is 30.3 Å². The zero-order valence-electron chi connectivity index (χ0n) is 11.0. The summed E-state index contributed by atoms with van der Waals surface area (Å²) >= 11 is 3.48. The number of rotatable bonds is 4. The number of alkyl halides is 1. The summed E-state index contributed by atoms with van der Waals surface area (Å²) in [6.45, 7) is 5.07. The second-order valence-electron chi connectivity index (χ2n) is 5.10. The number of carbonyl (C=O) groups is 1. The van der Waals surface area contributed by atoms with Gasteiger partial charge in [-0.25, -0.2) is 0 Å². The summed E-state index contributed by atoms with van der Waals surface area (Å²) in [5.41, 5.74) is 1.22. The van der Waals surface area contributed by atoms with Crippen LogP contribution >= 0.6 is 15.9 Å². The predicted molar refractivity (Wildman–Crippen MR) is 77.6 cm³/mol. The second-order valence-corrected chi connectivity index (χ2v) is 5.90. The van der Waals surface area contributed by atoms with Gasteiger partial charge >= 0.3 is 0 Å². The van der Waals surface area contributed by atoms with Crippen LogP contribution < -0.4 is 0 Å². The van der Waals surface area contributed by atoms with Crippen molar-refractivity contribution < 1.29 is 4.79 Å². The van der Waals surface area contributed by atoms with Crippen molar-refractivity contribution in [3.63, 3.8) is 0 Å². The maximum atomic E-state index is 12.3. The Bertz CT molecular complexity index is 406. The average molecular weight is 310 g/mol. The molecule has 0 spiro atoms. The molecular weight excluding hydrogens is 290 g/mol. The normalized spacial score (nSPS) is 25.5. The molecule has 18 heavy (non-hydrogen) atoms. The van der Waals surface area contributed by atoms with E-state index in [9.17, 15) is 4.79 Å². The Morgan fingerprint density at radius 2 is 2.06 bits per heavy atom. The zero-order valence-corrected chi connectivity index (χ0v) is 12.6. The van der Waals surface area contributed by atoms with Crippen LogP contribution in [0.25, 0.3) is 0 Å². The molecule has 3 heteroatoms. The lowest BCUT2D eigenvalue weighted by atomic mass is 9.95. The average Bonchev–Trinajstić information content (AvgIpc) is 2.68. The summed E-state index contributed by atoms with van der Waals surface area (Å²) in [6, 6.07) is 10.5. The molecule has 98 valence electrons. The van der Waals surface area contributed by atoms with E-state index in [1.807, 2.05) is 23.1 Å². The van der Waals surface area contributed by atoms with Crippen LogP contribution in [0.2, 0.25) is 0 Å². The van der Waals surface area contributed by atoms with Crippen LogP contribution in [0, 0.1) is 11.8 Å². The lowest BCUT2D eigenvalue weighted by Gasteiger charge is -2.25. The van der Waals surface area contributed by atoms with Gasteiger partial charge in [-0.05, 0) is 24.8 Å². The van der Waals surface area contributed by atoms with Crippen molar-refractivity contribution in [2.75, 3.05) is 11.9 Å². The van der Waals surface area contributed by atoms with Crippen LogP contribution in [-0.2, 0) is 4.79 Å². The smallest absolute Gasteiger partial charge is 0.226 e. The second kappa shape index (κ2) is 5.87. The van der Waals surface area contributed by atoms with Crippen molar-refractivity contribution in [1.29, 1.82) is 0 Å². The molecule has 2 rings (SSSR count). The molecule has 2 nitrogen and oxygen atoms in total. The number of hydrogen-bond acceptors (Lipinski definition) is 1. The molecule has 3 atom stereocenters. The van der Waals surface area contributed by atoms with Crippen LogP contribution in [0.1, 0.15) is 31.9 Å². The van der Waals surface area contributed by atoms with Crippen molar-refractivity contribution in [1.82, 2.24) is 4.90 Å². The van der Waals surface area contributed by atoms with Gasteiger partial charge in [0.2, 0.25) is 5.91 Å². The zero-order chi connectivity index (χ0) is 13.1. The molecule has 0 aliphatic carbocycles. The van der Waals surface area contributed by atoms with Gasteiger partial charge in [-0.3, -0.25) is 4.79 Å². The number of amides is 1. The van der Waals surface area contributed by atoms with E-state index in [4.69, 9.17) is 0 Å². The molecule has 0 radical (unpaired) electrons. The van der Waals surface area contributed by atoms with E-state index in [0.29, 0.717) is 11.8 Å². The lowest BCUT2D eigenvalue weighted by Crippen LogP contribution is -2.29. The number of carbonyl (C=O) groups excluding carboxylic acids is 1. The lowest BCUT2D eigenvalue weighted by molar-refractivity contribution is -0.132. The topological polar surface area (TPSA) is 20.3 Å². The maximum Gasteiger partial charge on any atom is 0.226 e. The molecule has 1 aromatic carbocycles. The Morgan fingerprint density at radius 3 is 2.67 bits per heavy atom. The highest BCUT2D eigenvalue weighted by molar-refractivity contribution is 9.09. The fraction of sp³-hybridized carbons (Fsp3) is 0.533. The Labute approximate surface area is 117 Å². The molecule has 1 aliphatic heterocycles. The Morgan fingerprint density at radius 1 is 1.39 bits per heavy atom. The van der Waals surface area contributed by atoms with Gasteiger partial charge in [0.1, 0.15) is 0 Å². The van der Waals surface area contributed by atoms with Crippen molar-refractivity contribution >= 4 is 21.8 Å². The van der Waals surface area contributed by atoms with Crippen molar-refractivity contribution in [2.45, 2.75) is 26.3 Å². The number of halogens is 1. The van der Waals surface area contributed by atoms with Crippen LogP contribution in [0.3, 0.4) is 0 Å². The Hall–Kier alpha value is -0.830. The van der Waals surface area contributed by atoms with E-state index in [0.717, 1.165) is 18.3 Å². The summed E-state index contributed by atoms with van der Waals surface area (Å²) in [5, 5.41) is 0.975.